The molecule has 132 valence electrons. The molecule has 4 heteroatoms. The average molecular weight is 322 g/mol. The molecule has 0 radical (unpaired) electrons. The summed E-state index contributed by atoms with van der Waals surface area (Å²) in [7, 11) is 1.78. The Morgan fingerprint density at radius 3 is 2.70 bits per heavy atom. The van der Waals surface area contributed by atoms with Gasteiger partial charge in [-0.1, -0.05) is 19.3 Å². The third-order valence-corrected chi connectivity index (χ3v) is 6.46. The standard InChI is InChI=1S/C19H34N2O2/c1-23-15-14-20-12-5-9-19(11-13-20)10-8-18(22)21(19)16-17-6-3-2-4-7-17/h17H,2-16H2,1H3/t19-/m0/s1. The van der Waals surface area contributed by atoms with E-state index in [1.165, 1.54) is 44.9 Å². The molecule has 1 spiro atoms. The van der Waals surface area contributed by atoms with Gasteiger partial charge in [0.15, 0.2) is 0 Å². The monoisotopic (exact) mass is 322 g/mol. The van der Waals surface area contributed by atoms with Crippen molar-refractivity contribution in [3.05, 3.63) is 0 Å². The molecule has 0 aromatic heterocycles. The summed E-state index contributed by atoms with van der Waals surface area (Å²) >= 11 is 0. The van der Waals surface area contributed by atoms with Crippen molar-refractivity contribution < 1.29 is 9.53 Å². The molecule has 3 rings (SSSR count). The van der Waals surface area contributed by atoms with Crippen LogP contribution in [-0.4, -0.2) is 61.1 Å². The zero-order valence-corrected chi connectivity index (χ0v) is 14.9. The van der Waals surface area contributed by atoms with E-state index < -0.39 is 0 Å². The second-order valence-corrected chi connectivity index (χ2v) is 7.92. The lowest BCUT2D eigenvalue weighted by Gasteiger charge is -2.41. The Bertz CT molecular complexity index is 395. The van der Waals surface area contributed by atoms with Gasteiger partial charge in [-0.2, -0.15) is 0 Å². The van der Waals surface area contributed by atoms with Crippen LogP contribution in [0.5, 0.6) is 0 Å². The molecule has 0 N–H and O–H groups in total. The summed E-state index contributed by atoms with van der Waals surface area (Å²) in [4.78, 5) is 17.4. The van der Waals surface area contributed by atoms with Crippen molar-refractivity contribution in [1.82, 2.24) is 9.80 Å². The van der Waals surface area contributed by atoms with Crippen LogP contribution in [0.4, 0.5) is 0 Å². The van der Waals surface area contributed by atoms with Crippen molar-refractivity contribution >= 4 is 5.91 Å². The van der Waals surface area contributed by atoms with Crippen molar-refractivity contribution in [1.29, 1.82) is 0 Å². The maximum atomic E-state index is 12.6. The van der Waals surface area contributed by atoms with Crippen LogP contribution in [0.2, 0.25) is 0 Å². The number of rotatable bonds is 5. The summed E-state index contributed by atoms with van der Waals surface area (Å²) in [5.41, 5.74) is 0.177. The summed E-state index contributed by atoms with van der Waals surface area (Å²) in [6.45, 7) is 5.17. The summed E-state index contributed by atoms with van der Waals surface area (Å²) in [5, 5.41) is 0. The van der Waals surface area contributed by atoms with Crippen molar-refractivity contribution in [3.8, 4) is 0 Å². The van der Waals surface area contributed by atoms with Gasteiger partial charge in [-0.25, -0.2) is 0 Å². The molecular formula is C19H34N2O2. The van der Waals surface area contributed by atoms with Gasteiger partial charge in [0.05, 0.1) is 6.61 Å². The van der Waals surface area contributed by atoms with Crippen LogP contribution in [0.15, 0.2) is 0 Å². The number of ether oxygens (including phenoxy) is 1. The molecule has 1 saturated carbocycles. The van der Waals surface area contributed by atoms with Crippen LogP contribution in [0.3, 0.4) is 0 Å². The first-order valence-corrected chi connectivity index (χ1v) is 9.75. The number of hydrogen-bond donors (Lipinski definition) is 0. The van der Waals surface area contributed by atoms with E-state index in [1.54, 1.807) is 7.11 Å². The van der Waals surface area contributed by atoms with E-state index in [-0.39, 0.29) is 5.54 Å². The summed E-state index contributed by atoms with van der Waals surface area (Å²) < 4.78 is 5.23. The number of carbonyl (C=O) groups is 1. The summed E-state index contributed by atoms with van der Waals surface area (Å²) in [5.74, 6) is 1.19. The van der Waals surface area contributed by atoms with Gasteiger partial charge >= 0.3 is 0 Å². The average Bonchev–Trinajstić information content (AvgIpc) is 2.75. The van der Waals surface area contributed by atoms with Crippen LogP contribution in [0.1, 0.15) is 64.2 Å². The lowest BCUT2D eigenvalue weighted by Crippen LogP contribution is -2.48. The smallest absolute Gasteiger partial charge is 0.223 e. The highest BCUT2D eigenvalue weighted by Gasteiger charge is 2.46. The number of nitrogens with zero attached hydrogens (tertiary/aromatic N) is 2. The molecule has 4 nitrogen and oxygen atoms in total. The molecule has 3 fully saturated rings. The van der Waals surface area contributed by atoms with Crippen molar-refractivity contribution in [3.63, 3.8) is 0 Å². The number of likely N-dealkylation sites (tertiary alicyclic amines) is 2. The second-order valence-electron chi connectivity index (χ2n) is 7.92. The summed E-state index contributed by atoms with van der Waals surface area (Å²) in [6, 6.07) is 0. The Balaban J connectivity index is 1.62. The minimum atomic E-state index is 0.177. The fourth-order valence-corrected chi connectivity index (χ4v) is 5.00. The molecule has 0 unspecified atom stereocenters. The van der Waals surface area contributed by atoms with Gasteiger partial charge in [-0.3, -0.25) is 4.79 Å². The zero-order valence-electron chi connectivity index (χ0n) is 14.9. The molecule has 1 atom stereocenters. The largest absolute Gasteiger partial charge is 0.383 e. The van der Waals surface area contributed by atoms with E-state index in [1.807, 2.05) is 0 Å². The molecule has 3 aliphatic rings. The Hall–Kier alpha value is -0.610. The quantitative estimate of drug-likeness (QED) is 0.780. The van der Waals surface area contributed by atoms with E-state index in [9.17, 15) is 4.79 Å². The predicted octanol–water partition coefficient (Wildman–Crippen LogP) is 3.06. The Kier molecular flexibility index (Phi) is 5.97. The maximum Gasteiger partial charge on any atom is 0.223 e. The van der Waals surface area contributed by atoms with Crippen molar-refractivity contribution in [2.45, 2.75) is 69.7 Å². The van der Waals surface area contributed by atoms with Crippen molar-refractivity contribution in [2.24, 2.45) is 5.92 Å². The first kappa shape index (κ1) is 17.2. The van der Waals surface area contributed by atoms with Crippen LogP contribution in [-0.2, 0) is 9.53 Å². The molecule has 0 aromatic carbocycles. The molecule has 2 heterocycles. The minimum Gasteiger partial charge on any atom is -0.383 e. The minimum absolute atomic E-state index is 0.177. The third kappa shape index (κ3) is 4.08. The van der Waals surface area contributed by atoms with Gasteiger partial charge in [0.25, 0.3) is 0 Å². The van der Waals surface area contributed by atoms with E-state index in [0.29, 0.717) is 5.91 Å². The van der Waals surface area contributed by atoms with Gasteiger partial charge in [0, 0.05) is 38.7 Å². The first-order valence-electron chi connectivity index (χ1n) is 9.75. The van der Waals surface area contributed by atoms with Crippen LogP contribution in [0, 0.1) is 5.92 Å². The normalized spacial score (nSPS) is 31.0. The summed E-state index contributed by atoms with van der Waals surface area (Å²) in [6.07, 6.45) is 12.3. The predicted molar refractivity (Wildman–Crippen MR) is 92.4 cm³/mol. The van der Waals surface area contributed by atoms with Gasteiger partial charge in [0.1, 0.15) is 0 Å². The Labute approximate surface area is 141 Å². The SMILES string of the molecule is COCCN1CCC[C@]2(CCC(=O)N2CC2CCCCC2)CC1. The van der Waals surface area contributed by atoms with Crippen LogP contribution >= 0.6 is 0 Å². The van der Waals surface area contributed by atoms with Gasteiger partial charge in [-0.15, -0.1) is 0 Å². The van der Waals surface area contributed by atoms with Gasteiger partial charge in [-0.05, 0) is 51.0 Å². The van der Waals surface area contributed by atoms with Gasteiger partial charge < -0.3 is 14.5 Å². The highest BCUT2D eigenvalue weighted by Crippen LogP contribution is 2.40. The Morgan fingerprint density at radius 2 is 1.91 bits per heavy atom. The fraction of sp³-hybridized carbons (Fsp3) is 0.947. The van der Waals surface area contributed by atoms with E-state index in [4.69, 9.17) is 4.74 Å². The number of amides is 1. The Morgan fingerprint density at radius 1 is 1.09 bits per heavy atom. The third-order valence-electron chi connectivity index (χ3n) is 6.46. The van der Waals surface area contributed by atoms with Crippen LogP contribution < -0.4 is 0 Å². The van der Waals surface area contributed by atoms with E-state index in [2.05, 4.69) is 9.80 Å². The highest BCUT2D eigenvalue weighted by molar-refractivity contribution is 5.79. The molecule has 1 aliphatic carbocycles. The molecule has 0 aromatic rings. The topological polar surface area (TPSA) is 32.8 Å². The van der Waals surface area contributed by atoms with E-state index >= 15 is 0 Å². The zero-order chi connectivity index (χ0) is 16.1. The second kappa shape index (κ2) is 7.98. The maximum absolute atomic E-state index is 12.6. The molecule has 1 amide bonds. The van der Waals surface area contributed by atoms with E-state index in [0.717, 1.165) is 58.0 Å². The highest BCUT2D eigenvalue weighted by atomic mass is 16.5. The lowest BCUT2D eigenvalue weighted by molar-refractivity contribution is -0.132. The molecule has 2 aliphatic heterocycles. The first-order chi connectivity index (χ1) is 11.2. The molecule has 2 saturated heterocycles. The number of carbonyl (C=O) groups excluding carboxylic acids is 1. The fourth-order valence-electron chi connectivity index (χ4n) is 5.00. The lowest BCUT2D eigenvalue weighted by atomic mass is 9.84. The molecule has 0 bridgehead atoms. The molecular weight excluding hydrogens is 288 g/mol. The van der Waals surface area contributed by atoms with Crippen molar-refractivity contribution in [2.75, 3.05) is 39.9 Å². The number of methoxy groups -OCH3 is 1. The van der Waals surface area contributed by atoms with Gasteiger partial charge in [0.2, 0.25) is 5.91 Å². The number of hydrogen-bond acceptors (Lipinski definition) is 3. The van der Waals surface area contributed by atoms with Crippen LogP contribution in [0.25, 0.3) is 0 Å². The molecule has 23 heavy (non-hydrogen) atoms.